The summed E-state index contributed by atoms with van der Waals surface area (Å²) in [5.74, 6) is -0.578. The van der Waals surface area contributed by atoms with Crippen LogP contribution in [0.1, 0.15) is 28.6 Å². The van der Waals surface area contributed by atoms with E-state index in [1.165, 1.54) is 0 Å². The molecule has 4 rings (SSSR count). The van der Waals surface area contributed by atoms with Crippen molar-refractivity contribution in [2.75, 3.05) is 4.90 Å². The Kier molecular flexibility index (Phi) is 4.77. The van der Waals surface area contributed by atoms with Crippen molar-refractivity contribution in [3.63, 3.8) is 0 Å². The molecule has 0 bridgehead atoms. The van der Waals surface area contributed by atoms with Gasteiger partial charge in [0.1, 0.15) is 0 Å². The second kappa shape index (κ2) is 7.36. The number of aryl methyl sites for hydroxylation is 1. The molecular weight excluding hydrogens is 360 g/mol. The molecule has 1 saturated heterocycles. The van der Waals surface area contributed by atoms with Crippen LogP contribution in [0.3, 0.4) is 0 Å². The van der Waals surface area contributed by atoms with Gasteiger partial charge in [-0.25, -0.2) is 0 Å². The minimum Gasteiger partial charge on any atom is -0.350 e. The molecule has 0 saturated carbocycles. The lowest BCUT2D eigenvalue weighted by Gasteiger charge is -2.27. The molecule has 0 aliphatic carbocycles. The first kappa shape index (κ1) is 17.5. The number of thiophene rings is 1. The maximum absolute atomic E-state index is 12.9. The van der Waals surface area contributed by atoms with Gasteiger partial charge in [0, 0.05) is 23.2 Å². The number of hydrogen-bond donors (Lipinski definition) is 2. The van der Waals surface area contributed by atoms with E-state index in [4.69, 9.17) is 0 Å². The van der Waals surface area contributed by atoms with Crippen molar-refractivity contribution in [1.82, 2.24) is 15.5 Å². The fourth-order valence-corrected chi connectivity index (χ4v) is 4.34. The molecule has 0 spiro atoms. The quantitative estimate of drug-likeness (QED) is 0.714. The molecule has 138 valence electrons. The average molecular weight is 380 g/mol. The van der Waals surface area contributed by atoms with Crippen molar-refractivity contribution in [1.29, 1.82) is 0 Å². The molecule has 6 nitrogen and oxygen atoms in total. The van der Waals surface area contributed by atoms with E-state index >= 15 is 0 Å². The van der Waals surface area contributed by atoms with Gasteiger partial charge < -0.3 is 10.2 Å². The van der Waals surface area contributed by atoms with E-state index in [2.05, 4.69) is 15.5 Å². The minimum atomic E-state index is -0.430. The first-order valence-corrected chi connectivity index (χ1v) is 9.69. The van der Waals surface area contributed by atoms with Crippen LogP contribution in [0.25, 0.3) is 0 Å². The molecule has 27 heavy (non-hydrogen) atoms. The molecule has 1 aliphatic rings. The SMILES string of the molecule is Cc1ccc(N2C(=O)C[C@H](C(=O)NCc3ccn[nH]3)[C@@H]2c2cccs2)cc1. The normalized spacial score (nSPS) is 19.4. The lowest BCUT2D eigenvalue weighted by atomic mass is 9.97. The van der Waals surface area contributed by atoms with Gasteiger partial charge >= 0.3 is 0 Å². The Balaban J connectivity index is 1.62. The number of benzene rings is 1. The smallest absolute Gasteiger partial charge is 0.228 e. The van der Waals surface area contributed by atoms with Crippen LogP contribution in [0.4, 0.5) is 5.69 Å². The van der Waals surface area contributed by atoms with E-state index in [1.54, 1.807) is 22.4 Å². The number of H-pyrrole nitrogens is 1. The van der Waals surface area contributed by atoms with Crippen LogP contribution in [0, 0.1) is 12.8 Å². The summed E-state index contributed by atoms with van der Waals surface area (Å²) in [7, 11) is 0. The van der Waals surface area contributed by atoms with E-state index in [0.717, 1.165) is 21.8 Å². The number of carbonyl (C=O) groups is 2. The fraction of sp³-hybridized carbons (Fsp3) is 0.250. The van der Waals surface area contributed by atoms with Crippen LogP contribution in [0.5, 0.6) is 0 Å². The first-order valence-electron chi connectivity index (χ1n) is 8.81. The van der Waals surface area contributed by atoms with E-state index in [-0.39, 0.29) is 24.3 Å². The molecular formula is C20H20N4O2S. The van der Waals surface area contributed by atoms with Crippen LogP contribution in [0.2, 0.25) is 0 Å². The average Bonchev–Trinajstić information content (AvgIpc) is 3.41. The maximum atomic E-state index is 12.9. The second-order valence-electron chi connectivity index (χ2n) is 6.67. The van der Waals surface area contributed by atoms with Crippen LogP contribution < -0.4 is 10.2 Å². The van der Waals surface area contributed by atoms with Gasteiger partial charge in [-0.15, -0.1) is 11.3 Å². The van der Waals surface area contributed by atoms with Gasteiger partial charge in [0.05, 0.1) is 24.2 Å². The van der Waals surface area contributed by atoms with Gasteiger partial charge in [-0.2, -0.15) is 5.10 Å². The summed E-state index contributed by atoms with van der Waals surface area (Å²) in [5.41, 5.74) is 2.79. The molecule has 7 heteroatoms. The number of aromatic amines is 1. The minimum absolute atomic E-state index is 0.0288. The van der Waals surface area contributed by atoms with Crippen molar-refractivity contribution < 1.29 is 9.59 Å². The van der Waals surface area contributed by atoms with Crippen molar-refractivity contribution >= 4 is 28.8 Å². The Hall–Kier alpha value is -2.93. The molecule has 2 aromatic heterocycles. The highest BCUT2D eigenvalue weighted by atomic mass is 32.1. The molecule has 1 aliphatic heterocycles. The molecule has 3 heterocycles. The Bertz CT molecular complexity index is 920. The lowest BCUT2D eigenvalue weighted by molar-refractivity contribution is -0.127. The number of rotatable bonds is 5. The third-order valence-electron chi connectivity index (χ3n) is 4.82. The Morgan fingerprint density at radius 3 is 2.78 bits per heavy atom. The van der Waals surface area contributed by atoms with E-state index < -0.39 is 5.92 Å². The fourth-order valence-electron chi connectivity index (χ4n) is 3.46. The van der Waals surface area contributed by atoms with Crippen LogP contribution in [-0.4, -0.2) is 22.0 Å². The Morgan fingerprint density at radius 1 is 1.30 bits per heavy atom. The van der Waals surface area contributed by atoms with Gasteiger partial charge in [-0.3, -0.25) is 14.7 Å². The van der Waals surface area contributed by atoms with Crippen LogP contribution in [0.15, 0.2) is 54.0 Å². The maximum Gasteiger partial charge on any atom is 0.228 e. The van der Waals surface area contributed by atoms with Crippen molar-refractivity contribution in [3.05, 3.63) is 70.2 Å². The standard InChI is InChI=1S/C20H20N4O2S/c1-13-4-6-15(7-5-13)24-18(25)11-16(19(24)17-3-2-10-27-17)20(26)21-12-14-8-9-22-23-14/h2-10,16,19H,11-12H2,1H3,(H,21,26)(H,22,23)/t16-,19+/m0/s1. The van der Waals surface area contributed by atoms with Crippen LogP contribution in [-0.2, 0) is 16.1 Å². The van der Waals surface area contributed by atoms with Gasteiger partial charge in [0.25, 0.3) is 0 Å². The van der Waals surface area contributed by atoms with E-state index in [0.29, 0.717) is 6.54 Å². The number of amides is 2. The molecule has 1 aromatic carbocycles. The van der Waals surface area contributed by atoms with Gasteiger partial charge in [-0.05, 0) is 36.6 Å². The molecule has 2 atom stereocenters. The molecule has 3 aromatic rings. The summed E-state index contributed by atoms with van der Waals surface area (Å²) in [6.07, 6.45) is 1.85. The summed E-state index contributed by atoms with van der Waals surface area (Å²) in [6.45, 7) is 2.38. The zero-order valence-corrected chi connectivity index (χ0v) is 15.7. The number of hydrogen-bond acceptors (Lipinski definition) is 4. The number of anilines is 1. The largest absolute Gasteiger partial charge is 0.350 e. The van der Waals surface area contributed by atoms with Gasteiger partial charge in [0.15, 0.2) is 0 Å². The molecule has 2 amide bonds. The van der Waals surface area contributed by atoms with Gasteiger partial charge in [0.2, 0.25) is 11.8 Å². The van der Waals surface area contributed by atoms with Crippen molar-refractivity contribution in [3.8, 4) is 0 Å². The summed E-state index contributed by atoms with van der Waals surface area (Å²) >= 11 is 1.57. The summed E-state index contributed by atoms with van der Waals surface area (Å²) < 4.78 is 0. The Labute approximate surface area is 161 Å². The molecule has 1 fully saturated rings. The van der Waals surface area contributed by atoms with Crippen molar-refractivity contribution in [2.45, 2.75) is 25.9 Å². The predicted molar refractivity (Wildman–Crippen MR) is 104 cm³/mol. The highest BCUT2D eigenvalue weighted by Crippen LogP contribution is 2.43. The van der Waals surface area contributed by atoms with E-state index in [9.17, 15) is 9.59 Å². The highest BCUT2D eigenvalue weighted by molar-refractivity contribution is 7.10. The molecule has 2 N–H and O–H groups in total. The Morgan fingerprint density at radius 2 is 2.11 bits per heavy atom. The molecule has 0 radical (unpaired) electrons. The van der Waals surface area contributed by atoms with Gasteiger partial charge in [-0.1, -0.05) is 23.8 Å². The highest BCUT2D eigenvalue weighted by Gasteiger charge is 2.45. The second-order valence-corrected chi connectivity index (χ2v) is 7.65. The zero-order chi connectivity index (χ0) is 18.8. The third-order valence-corrected chi connectivity index (χ3v) is 5.76. The summed E-state index contributed by atoms with van der Waals surface area (Å²) in [4.78, 5) is 28.5. The predicted octanol–water partition coefficient (Wildman–Crippen LogP) is 3.19. The lowest BCUT2D eigenvalue weighted by Crippen LogP contribution is -2.35. The van der Waals surface area contributed by atoms with E-state index in [1.807, 2.05) is 54.8 Å². The molecule has 0 unspecified atom stereocenters. The first-order chi connectivity index (χ1) is 13.1. The number of aromatic nitrogens is 2. The number of carbonyl (C=O) groups excluding carboxylic acids is 2. The monoisotopic (exact) mass is 380 g/mol. The zero-order valence-electron chi connectivity index (χ0n) is 14.9. The van der Waals surface area contributed by atoms with Crippen LogP contribution >= 0.6 is 11.3 Å². The summed E-state index contributed by atoms with van der Waals surface area (Å²) in [5, 5.41) is 11.6. The number of nitrogens with one attached hydrogen (secondary N) is 2. The number of nitrogens with zero attached hydrogens (tertiary/aromatic N) is 2. The topological polar surface area (TPSA) is 78.1 Å². The van der Waals surface area contributed by atoms with Crippen molar-refractivity contribution in [2.24, 2.45) is 5.92 Å². The third kappa shape index (κ3) is 3.50. The summed E-state index contributed by atoms with van der Waals surface area (Å²) in [6, 6.07) is 13.3.